The van der Waals surface area contributed by atoms with Crippen LogP contribution in [0.15, 0.2) is 49.1 Å². The highest BCUT2D eigenvalue weighted by Crippen LogP contribution is 2.41. The van der Waals surface area contributed by atoms with Gasteiger partial charge in [-0.3, -0.25) is 9.88 Å². The molecule has 0 N–H and O–H groups in total. The SMILES string of the molecule is COc1cc2c(cc1OC)[C@H](c1ccncc1)N(Cc1cnc(C(C)C)nc1)CC2. The van der Waals surface area contributed by atoms with Crippen LogP contribution in [0.2, 0.25) is 0 Å². The first-order valence-electron chi connectivity index (χ1n) is 10.3. The molecule has 2 aromatic heterocycles. The van der Waals surface area contributed by atoms with Crippen LogP contribution in [0.5, 0.6) is 11.5 Å². The fraction of sp³-hybridized carbons (Fsp3) is 0.375. The molecule has 156 valence electrons. The van der Waals surface area contributed by atoms with E-state index < -0.39 is 0 Å². The molecule has 1 aliphatic rings. The third-order valence-corrected chi connectivity index (χ3v) is 5.62. The number of aromatic nitrogens is 3. The third kappa shape index (κ3) is 4.00. The number of fused-ring (bicyclic) bond motifs is 1. The Bertz CT molecular complexity index is 990. The molecule has 1 aromatic carbocycles. The Labute approximate surface area is 177 Å². The lowest BCUT2D eigenvalue weighted by atomic mass is 9.87. The van der Waals surface area contributed by atoms with Gasteiger partial charge in [-0.05, 0) is 47.4 Å². The number of rotatable bonds is 6. The number of hydrogen-bond acceptors (Lipinski definition) is 6. The Morgan fingerprint density at radius 3 is 2.33 bits per heavy atom. The monoisotopic (exact) mass is 404 g/mol. The number of ether oxygens (including phenoxy) is 2. The fourth-order valence-electron chi connectivity index (χ4n) is 4.08. The normalized spacial score (nSPS) is 16.4. The number of nitrogens with zero attached hydrogens (tertiary/aromatic N) is 4. The van der Waals surface area contributed by atoms with Gasteiger partial charge in [-0.1, -0.05) is 13.8 Å². The van der Waals surface area contributed by atoms with Crippen molar-refractivity contribution in [3.63, 3.8) is 0 Å². The lowest BCUT2D eigenvalue weighted by Gasteiger charge is -2.38. The molecule has 0 saturated carbocycles. The summed E-state index contributed by atoms with van der Waals surface area (Å²) >= 11 is 0. The molecule has 30 heavy (non-hydrogen) atoms. The van der Waals surface area contributed by atoms with Crippen molar-refractivity contribution in [3.8, 4) is 11.5 Å². The van der Waals surface area contributed by atoms with Crippen LogP contribution < -0.4 is 9.47 Å². The first-order valence-corrected chi connectivity index (χ1v) is 10.3. The summed E-state index contributed by atoms with van der Waals surface area (Å²) in [7, 11) is 3.36. The van der Waals surface area contributed by atoms with Gasteiger partial charge in [0.25, 0.3) is 0 Å². The molecule has 0 unspecified atom stereocenters. The zero-order chi connectivity index (χ0) is 21.1. The summed E-state index contributed by atoms with van der Waals surface area (Å²) in [5, 5.41) is 0. The van der Waals surface area contributed by atoms with Gasteiger partial charge in [0.1, 0.15) is 5.82 Å². The summed E-state index contributed by atoms with van der Waals surface area (Å²) in [5.74, 6) is 2.73. The first kappa shape index (κ1) is 20.3. The van der Waals surface area contributed by atoms with Crippen molar-refractivity contribution < 1.29 is 9.47 Å². The molecule has 0 radical (unpaired) electrons. The van der Waals surface area contributed by atoms with Crippen molar-refractivity contribution in [2.24, 2.45) is 0 Å². The molecule has 3 heterocycles. The number of pyridine rings is 1. The van der Waals surface area contributed by atoms with Crippen molar-refractivity contribution in [1.29, 1.82) is 0 Å². The highest BCUT2D eigenvalue weighted by molar-refractivity contribution is 5.51. The molecule has 0 bridgehead atoms. The van der Waals surface area contributed by atoms with Crippen molar-refractivity contribution in [2.45, 2.75) is 38.8 Å². The molecule has 0 amide bonds. The summed E-state index contributed by atoms with van der Waals surface area (Å²) in [6, 6.07) is 8.49. The van der Waals surface area contributed by atoms with E-state index in [1.807, 2.05) is 24.8 Å². The van der Waals surface area contributed by atoms with Crippen LogP contribution in [-0.4, -0.2) is 40.6 Å². The highest BCUT2D eigenvalue weighted by atomic mass is 16.5. The average Bonchev–Trinajstić information content (AvgIpc) is 2.79. The second-order valence-corrected chi connectivity index (χ2v) is 7.91. The van der Waals surface area contributed by atoms with E-state index in [4.69, 9.17) is 9.47 Å². The van der Waals surface area contributed by atoms with Crippen LogP contribution in [0.4, 0.5) is 0 Å². The highest BCUT2D eigenvalue weighted by Gasteiger charge is 2.30. The average molecular weight is 405 g/mol. The Morgan fingerprint density at radius 1 is 1.03 bits per heavy atom. The van der Waals surface area contributed by atoms with Gasteiger partial charge in [-0.25, -0.2) is 9.97 Å². The maximum atomic E-state index is 5.60. The van der Waals surface area contributed by atoms with Gasteiger partial charge in [0.2, 0.25) is 0 Å². The standard InChI is InChI=1S/C24H28N4O2/c1-16(2)24-26-13-17(14-27-24)15-28-10-7-19-11-21(29-3)22(30-4)12-20(19)23(28)18-5-8-25-9-6-18/h5-6,8-9,11-14,16,23H,7,10,15H2,1-4H3/t23-/m0/s1. The van der Waals surface area contributed by atoms with Crippen LogP contribution in [0.25, 0.3) is 0 Å². The molecule has 6 nitrogen and oxygen atoms in total. The van der Waals surface area contributed by atoms with E-state index in [1.54, 1.807) is 14.2 Å². The zero-order valence-corrected chi connectivity index (χ0v) is 18.0. The topological polar surface area (TPSA) is 60.4 Å². The van der Waals surface area contributed by atoms with E-state index in [0.29, 0.717) is 5.92 Å². The zero-order valence-electron chi connectivity index (χ0n) is 18.0. The summed E-state index contributed by atoms with van der Waals surface area (Å²) in [6.45, 7) is 5.93. The minimum absolute atomic E-state index is 0.0985. The predicted molar refractivity (Wildman–Crippen MR) is 116 cm³/mol. The van der Waals surface area contributed by atoms with Crippen molar-refractivity contribution in [2.75, 3.05) is 20.8 Å². The molecule has 0 spiro atoms. The Hall–Kier alpha value is -2.99. The van der Waals surface area contributed by atoms with Crippen LogP contribution in [0.3, 0.4) is 0 Å². The van der Waals surface area contributed by atoms with E-state index in [2.05, 4.69) is 58.0 Å². The third-order valence-electron chi connectivity index (χ3n) is 5.62. The van der Waals surface area contributed by atoms with Gasteiger partial charge in [-0.15, -0.1) is 0 Å². The van der Waals surface area contributed by atoms with Gasteiger partial charge in [0.15, 0.2) is 11.5 Å². The van der Waals surface area contributed by atoms with Crippen LogP contribution in [0, 0.1) is 0 Å². The molecule has 0 saturated heterocycles. The van der Waals surface area contributed by atoms with Gasteiger partial charge in [0, 0.05) is 49.4 Å². The van der Waals surface area contributed by atoms with E-state index in [-0.39, 0.29) is 6.04 Å². The van der Waals surface area contributed by atoms with Gasteiger partial charge < -0.3 is 9.47 Å². The summed E-state index contributed by atoms with van der Waals surface area (Å²) in [4.78, 5) is 15.8. The van der Waals surface area contributed by atoms with Gasteiger partial charge >= 0.3 is 0 Å². The maximum absolute atomic E-state index is 5.60. The summed E-state index contributed by atoms with van der Waals surface area (Å²) in [5.41, 5.74) is 4.85. The van der Waals surface area contributed by atoms with Crippen molar-refractivity contribution >= 4 is 0 Å². The second-order valence-electron chi connectivity index (χ2n) is 7.91. The minimum atomic E-state index is 0.0985. The molecule has 1 atom stereocenters. The molecular formula is C24H28N4O2. The largest absolute Gasteiger partial charge is 0.493 e. The Morgan fingerprint density at radius 2 is 1.70 bits per heavy atom. The van der Waals surface area contributed by atoms with E-state index in [1.165, 1.54) is 16.7 Å². The number of benzene rings is 1. The lowest BCUT2D eigenvalue weighted by Crippen LogP contribution is -2.35. The van der Waals surface area contributed by atoms with Crippen LogP contribution >= 0.6 is 0 Å². The maximum Gasteiger partial charge on any atom is 0.161 e. The second kappa shape index (κ2) is 8.79. The fourth-order valence-corrected chi connectivity index (χ4v) is 4.08. The molecule has 0 aliphatic carbocycles. The Kier molecular flexibility index (Phi) is 5.95. The van der Waals surface area contributed by atoms with Crippen molar-refractivity contribution in [3.05, 3.63) is 77.1 Å². The smallest absolute Gasteiger partial charge is 0.161 e. The number of methoxy groups -OCH3 is 2. The van der Waals surface area contributed by atoms with E-state index in [9.17, 15) is 0 Å². The molecular weight excluding hydrogens is 376 g/mol. The predicted octanol–water partition coefficient (Wildman–Crippen LogP) is 4.16. The molecule has 4 rings (SSSR count). The molecule has 1 aliphatic heterocycles. The summed E-state index contributed by atoms with van der Waals surface area (Å²) in [6.07, 6.45) is 8.56. The molecule has 3 aromatic rings. The molecule has 6 heteroatoms. The van der Waals surface area contributed by atoms with Crippen molar-refractivity contribution in [1.82, 2.24) is 19.9 Å². The number of hydrogen-bond donors (Lipinski definition) is 0. The van der Waals surface area contributed by atoms with Crippen LogP contribution in [-0.2, 0) is 13.0 Å². The Balaban J connectivity index is 1.72. The van der Waals surface area contributed by atoms with Gasteiger partial charge in [-0.2, -0.15) is 0 Å². The quantitative estimate of drug-likeness (QED) is 0.615. The van der Waals surface area contributed by atoms with E-state index in [0.717, 1.165) is 42.4 Å². The lowest BCUT2D eigenvalue weighted by molar-refractivity contribution is 0.203. The molecule has 0 fully saturated rings. The van der Waals surface area contributed by atoms with Gasteiger partial charge in [0.05, 0.1) is 20.3 Å². The van der Waals surface area contributed by atoms with E-state index >= 15 is 0 Å². The minimum Gasteiger partial charge on any atom is -0.493 e. The van der Waals surface area contributed by atoms with Crippen LogP contribution in [0.1, 0.15) is 53.9 Å². The first-order chi connectivity index (χ1) is 14.6. The summed E-state index contributed by atoms with van der Waals surface area (Å²) < 4.78 is 11.1.